The Kier molecular flexibility index (Phi) is 2.01. The fraction of sp³-hybridized carbons (Fsp3) is 0.800. The molecule has 8 heavy (non-hydrogen) atoms. The molecule has 0 unspecified atom stereocenters. The van der Waals surface area contributed by atoms with Crippen LogP contribution in [0.3, 0.4) is 0 Å². The maximum atomic E-state index is 10.5. The summed E-state index contributed by atoms with van der Waals surface area (Å²) in [7, 11) is 0. The minimum atomic E-state index is -0.208. The average Bonchev–Trinajstić information content (AvgIpc) is 1.63. The lowest BCUT2D eigenvalue weighted by Gasteiger charge is -2.33. The molecular formula is C5H10ClNO. The molecule has 1 saturated heterocycles. The van der Waals surface area contributed by atoms with Gasteiger partial charge in [0.1, 0.15) is 0 Å². The standard InChI is InChI=1S/C5H9NO.ClH/c1-5(2)4(7)3-6-5;/h6H,3H2,1-2H3;1H. The molecule has 2 nitrogen and oxygen atoms in total. The molecule has 0 aromatic rings. The van der Waals surface area contributed by atoms with Gasteiger partial charge in [-0.3, -0.25) is 10.1 Å². The molecule has 48 valence electrons. The lowest BCUT2D eigenvalue weighted by atomic mass is 9.91. The first-order valence-corrected chi connectivity index (χ1v) is 2.41. The van der Waals surface area contributed by atoms with Crippen molar-refractivity contribution in [1.29, 1.82) is 0 Å². The zero-order valence-corrected chi connectivity index (χ0v) is 5.84. The largest absolute Gasteiger partial charge is 0.298 e. The first-order valence-electron chi connectivity index (χ1n) is 2.41. The molecule has 0 aromatic heterocycles. The van der Waals surface area contributed by atoms with Crippen LogP contribution in [-0.2, 0) is 4.79 Å². The fourth-order valence-electron chi connectivity index (χ4n) is 0.514. The maximum absolute atomic E-state index is 10.5. The van der Waals surface area contributed by atoms with Gasteiger partial charge in [-0.25, -0.2) is 0 Å². The lowest BCUT2D eigenvalue weighted by Crippen LogP contribution is -2.62. The molecule has 1 aliphatic rings. The van der Waals surface area contributed by atoms with Crippen LogP contribution in [0.2, 0.25) is 0 Å². The Bertz CT molecular complexity index is 111. The van der Waals surface area contributed by atoms with E-state index in [0.29, 0.717) is 12.3 Å². The number of nitrogens with one attached hydrogen (secondary N) is 1. The number of carbonyl (C=O) groups is 1. The summed E-state index contributed by atoms with van der Waals surface area (Å²) in [6.45, 7) is 4.34. The van der Waals surface area contributed by atoms with Gasteiger partial charge in [-0.1, -0.05) is 0 Å². The van der Waals surface area contributed by atoms with Gasteiger partial charge in [0.25, 0.3) is 0 Å². The molecule has 0 aliphatic carbocycles. The van der Waals surface area contributed by atoms with Crippen molar-refractivity contribution in [3.05, 3.63) is 0 Å². The zero-order chi connectivity index (χ0) is 5.49. The van der Waals surface area contributed by atoms with Crippen LogP contribution in [0.4, 0.5) is 0 Å². The number of rotatable bonds is 0. The highest BCUT2D eigenvalue weighted by atomic mass is 35.5. The van der Waals surface area contributed by atoms with E-state index in [1.54, 1.807) is 0 Å². The molecule has 0 atom stereocenters. The van der Waals surface area contributed by atoms with Gasteiger partial charge in [0.05, 0.1) is 12.1 Å². The van der Waals surface area contributed by atoms with Crippen LogP contribution in [0, 0.1) is 0 Å². The third-order valence-corrected chi connectivity index (χ3v) is 1.39. The molecule has 1 aliphatic heterocycles. The number of hydrogen-bond acceptors (Lipinski definition) is 2. The Morgan fingerprint density at radius 1 is 1.62 bits per heavy atom. The summed E-state index contributed by atoms with van der Waals surface area (Å²) in [6, 6.07) is 0. The van der Waals surface area contributed by atoms with E-state index >= 15 is 0 Å². The van der Waals surface area contributed by atoms with E-state index in [2.05, 4.69) is 5.32 Å². The van der Waals surface area contributed by atoms with Gasteiger partial charge in [0.15, 0.2) is 5.78 Å². The van der Waals surface area contributed by atoms with Crippen LogP contribution in [0.25, 0.3) is 0 Å². The van der Waals surface area contributed by atoms with Gasteiger partial charge in [0.2, 0.25) is 0 Å². The Balaban J connectivity index is 0.000000490. The monoisotopic (exact) mass is 135 g/mol. The number of Topliss-reactive ketones (excluding diaryl/α,β-unsaturated/α-hetero) is 1. The fourth-order valence-corrected chi connectivity index (χ4v) is 0.514. The molecule has 0 radical (unpaired) electrons. The van der Waals surface area contributed by atoms with Crippen molar-refractivity contribution in [3.63, 3.8) is 0 Å². The van der Waals surface area contributed by atoms with E-state index in [9.17, 15) is 4.79 Å². The quantitative estimate of drug-likeness (QED) is 0.520. The Labute approximate surface area is 55.1 Å². The summed E-state index contributed by atoms with van der Waals surface area (Å²) >= 11 is 0. The van der Waals surface area contributed by atoms with Crippen LogP contribution >= 0.6 is 12.4 Å². The minimum Gasteiger partial charge on any atom is -0.298 e. The zero-order valence-electron chi connectivity index (χ0n) is 5.02. The van der Waals surface area contributed by atoms with E-state index < -0.39 is 0 Å². The molecule has 0 aromatic carbocycles. The van der Waals surface area contributed by atoms with Crippen molar-refractivity contribution in [1.82, 2.24) is 5.32 Å². The van der Waals surface area contributed by atoms with E-state index in [-0.39, 0.29) is 17.9 Å². The molecular weight excluding hydrogens is 126 g/mol. The number of halogens is 1. The highest BCUT2D eigenvalue weighted by molar-refractivity contribution is 5.94. The predicted octanol–water partition coefficient (Wildman–Crippen LogP) is 0.359. The van der Waals surface area contributed by atoms with Crippen molar-refractivity contribution in [2.45, 2.75) is 19.4 Å². The molecule has 0 amide bonds. The third-order valence-electron chi connectivity index (χ3n) is 1.39. The smallest absolute Gasteiger partial charge is 0.166 e. The maximum Gasteiger partial charge on any atom is 0.166 e. The normalized spacial score (nSPS) is 23.5. The van der Waals surface area contributed by atoms with Crippen LogP contribution < -0.4 is 5.32 Å². The van der Waals surface area contributed by atoms with Crippen molar-refractivity contribution < 1.29 is 4.79 Å². The van der Waals surface area contributed by atoms with Crippen molar-refractivity contribution in [2.24, 2.45) is 0 Å². The van der Waals surface area contributed by atoms with E-state index in [1.807, 2.05) is 13.8 Å². The van der Waals surface area contributed by atoms with Crippen molar-refractivity contribution in [2.75, 3.05) is 6.54 Å². The molecule has 1 N–H and O–H groups in total. The minimum absolute atomic E-state index is 0. The number of carbonyl (C=O) groups excluding carboxylic acids is 1. The summed E-state index contributed by atoms with van der Waals surface area (Å²) in [5, 5.41) is 2.98. The van der Waals surface area contributed by atoms with Gasteiger partial charge >= 0.3 is 0 Å². The highest BCUT2D eigenvalue weighted by Gasteiger charge is 2.35. The van der Waals surface area contributed by atoms with Crippen LogP contribution in [0.15, 0.2) is 0 Å². The first-order chi connectivity index (χ1) is 3.13. The van der Waals surface area contributed by atoms with Gasteiger partial charge < -0.3 is 0 Å². The van der Waals surface area contributed by atoms with Crippen molar-refractivity contribution >= 4 is 18.2 Å². The second-order valence-corrected chi connectivity index (χ2v) is 2.40. The lowest BCUT2D eigenvalue weighted by molar-refractivity contribution is -0.130. The van der Waals surface area contributed by atoms with Crippen LogP contribution in [0.1, 0.15) is 13.8 Å². The topological polar surface area (TPSA) is 29.1 Å². The SMILES string of the molecule is CC1(C)NCC1=O.Cl. The molecule has 0 spiro atoms. The average molecular weight is 136 g/mol. The molecule has 3 heteroatoms. The summed E-state index contributed by atoms with van der Waals surface area (Å²) in [5.74, 6) is 0.313. The van der Waals surface area contributed by atoms with E-state index in [1.165, 1.54) is 0 Å². The Hall–Kier alpha value is -0.0800. The second-order valence-electron chi connectivity index (χ2n) is 2.40. The second kappa shape index (κ2) is 2.03. The van der Waals surface area contributed by atoms with Crippen LogP contribution in [0.5, 0.6) is 0 Å². The van der Waals surface area contributed by atoms with Gasteiger partial charge in [0, 0.05) is 0 Å². The molecule has 0 saturated carbocycles. The van der Waals surface area contributed by atoms with E-state index in [0.717, 1.165) is 0 Å². The molecule has 1 fully saturated rings. The number of ketones is 1. The Morgan fingerprint density at radius 3 is 2.00 bits per heavy atom. The van der Waals surface area contributed by atoms with Gasteiger partial charge in [-0.2, -0.15) is 0 Å². The number of hydrogen-bond donors (Lipinski definition) is 1. The van der Waals surface area contributed by atoms with Gasteiger partial charge in [-0.05, 0) is 13.8 Å². The van der Waals surface area contributed by atoms with E-state index in [4.69, 9.17) is 0 Å². The van der Waals surface area contributed by atoms with Crippen molar-refractivity contribution in [3.8, 4) is 0 Å². The first kappa shape index (κ1) is 7.92. The predicted molar refractivity (Wildman–Crippen MR) is 34.3 cm³/mol. The molecule has 1 rings (SSSR count). The molecule has 1 heterocycles. The third kappa shape index (κ3) is 1.01. The highest BCUT2D eigenvalue weighted by Crippen LogP contribution is 2.10. The summed E-state index contributed by atoms with van der Waals surface area (Å²) < 4.78 is 0. The summed E-state index contributed by atoms with van der Waals surface area (Å²) in [6.07, 6.45) is 0. The Morgan fingerprint density at radius 2 is 2.00 bits per heavy atom. The van der Waals surface area contributed by atoms with Crippen LogP contribution in [-0.4, -0.2) is 17.9 Å². The molecule has 0 bridgehead atoms. The summed E-state index contributed by atoms with van der Waals surface area (Å²) in [4.78, 5) is 10.5. The van der Waals surface area contributed by atoms with Gasteiger partial charge in [-0.15, -0.1) is 12.4 Å². The summed E-state index contributed by atoms with van der Waals surface area (Å²) in [5.41, 5.74) is -0.208.